The van der Waals surface area contributed by atoms with Gasteiger partial charge in [-0.1, -0.05) is 18.2 Å². The number of benzene rings is 1. The Morgan fingerprint density at radius 2 is 1.62 bits per heavy atom. The number of allylic oxidation sites excluding steroid dienone is 3. The molecule has 0 aliphatic heterocycles. The van der Waals surface area contributed by atoms with E-state index in [2.05, 4.69) is 5.73 Å². The van der Waals surface area contributed by atoms with Crippen LogP contribution in [0.1, 0.15) is 11.1 Å². The number of alkyl halides is 3. The molecule has 16 heavy (non-hydrogen) atoms. The summed E-state index contributed by atoms with van der Waals surface area (Å²) in [4.78, 5) is 0. The van der Waals surface area contributed by atoms with Crippen molar-refractivity contribution in [2.24, 2.45) is 0 Å². The molecular formula is C13H8F3. The van der Waals surface area contributed by atoms with E-state index >= 15 is 0 Å². The van der Waals surface area contributed by atoms with Crippen LogP contribution >= 0.6 is 0 Å². The summed E-state index contributed by atoms with van der Waals surface area (Å²) >= 11 is 0. The van der Waals surface area contributed by atoms with Crippen LogP contribution in [0.25, 0.3) is 5.57 Å². The minimum atomic E-state index is -4.27. The van der Waals surface area contributed by atoms with Crippen molar-refractivity contribution in [3.63, 3.8) is 0 Å². The van der Waals surface area contributed by atoms with E-state index in [1.165, 1.54) is 12.1 Å². The predicted molar refractivity (Wildman–Crippen MR) is 56.4 cm³/mol. The summed E-state index contributed by atoms with van der Waals surface area (Å²) in [5.41, 5.74) is 3.88. The Bertz CT molecular complexity index is 469. The van der Waals surface area contributed by atoms with E-state index in [0.29, 0.717) is 0 Å². The first kappa shape index (κ1) is 10.8. The molecule has 0 unspecified atom stereocenters. The van der Waals surface area contributed by atoms with Gasteiger partial charge < -0.3 is 0 Å². The summed E-state index contributed by atoms with van der Waals surface area (Å²) in [7, 11) is 0. The number of hydrogen-bond acceptors (Lipinski definition) is 0. The fraction of sp³-hybridized carbons (Fsp3) is 0.0769. The second-order valence-corrected chi connectivity index (χ2v) is 3.36. The van der Waals surface area contributed by atoms with Gasteiger partial charge in [-0.25, -0.2) is 0 Å². The molecule has 3 heteroatoms. The van der Waals surface area contributed by atoms with Crippen LogP contribution in [0.5, 0.6) is 0 Å². The summed E-state index contributed by atoms with van der Waals surface area (Å²) < 4.78 is 37.0. The molecule has 0 nitrogen and oxygen atoms in total. The molecule has 1 aliphatic rings. The molecule has 0 N–H and O–H groups in total. The van der Waals surface area contributed by atoms with Gasteiger partial charge in [0.05, 0.1) is 5.56 Å². The minimum Gasteiger partial charge on any atom is -0.166 e. The molecule has 81 valence electrons. The summed E-state index contributed by atoms with van der Waals surface area (Å²) in [6, 6.07) is 5.12. The molecule has 0 bridgehead atoms. The van der Waals surface area contributed by atoms with Gasteiger partial charge in [0.25, 0.3) is 0 Å². The summed E-state index contributed by atoms with van der Waals surface area (Å²) in [6.07, 6.45) is 2.80. The fourth-order valence-electron chi connectivity index (χ4n) is 1.43. The maximum absolute atomic E-state index is 12.3. The third-order valence-electron chi connectivity index (χ3n) is 2.26. The minimum absolute atomic E-state index is 0.626. The van der Waals surface area contributed by atoms with Crippen LogP contribution in [-0.4, -0.2) is 0 Å². The lowest BCUT2D eigenvalue weighted by molar-refractivity contribution is -0.137. The highest BCUT2D eigenvalue weighted by Gasteiger charge is 2.29. The third-order valence-corrected chi connectivity index (χ3v) is 2.26. The Labute approximate surface area is 91.4 Å². The maximum Gasteiger partial charge on any atom is 0.416 e. The molecule has 0 saturated carbocycles. The predicted octanol–water partition coefficient (Wildman–Crippen LogP) is 4.02. The van der Waals surface area contributed by atoms with Crippen LogP contribution in [0, 0.1) is 6.42 Å². The molecule has 2 rings (SSSR count). The molecule has 0 spiro atoms. The van der Waals surface area contributed by atoms with Crippen molar-refractivity contribution in [3.05, 3.63) is 65.8 Å². The van der Waals surface area contributed by atoms with Crippen molar-refractivity contribution in [1.29, 1.82) is 0 Å². The van der Waals surface area contributed by atoms with E-state index < -0.39 is 11.7 Å². The second-order valence-electron chi connectivity index (χ2n) is 3.36. The van der Waals surface area contributed by atoms with Gasteiger partial charge >= 0.3 is 6.18 Å². The normalized spacial score (nSPS) is 15.1. The lowest BCUT2D eigenvalue weighted by atomic mass is 9.99. The second kappa shape index (κ2) is 4.03. The monoisotopic (exact) mass is 221 g/mol. The number of rotatable bonds is 1. The largest absolute Gasteiger partial charge is 0.416 e. The first-order chi connectivity index (χ1) is 7.57. The number of hydrogen-bond donors (Lipinski definition) is 0. The van der Waals surface area contributed by atoms with Gasteiger partial charge in [-0.15, -0.1) is 5.73 Å². The Balaban J connectivity index is 2.27. The lowest BCUT2D eigenvalue weighted by Gasteiger charge is -2.09. The van der Waals surface area contributed by atoms with Crippen molar-refractivity contribution in [1.82, 2.24) is 0 Å². The zero-order valence-corrected chi connectivity index (χ0v) is 8.25. The average Bonchev–Trinajstić information content (AvgIpc) is 2.29. The molecule has 1 aromatic rings. The van der Waals surface area contributed by atoms with Gasteiger partial charge in [0.15, 0.2) is 0 Å². The van der Waals surface area contributed by atoms with E-state index in [9.17, 15) is 13.2 Å². The molecule has 0 aromatic heterocycles. The zero-order valence-electron chi connectivity index (χ0n) is 8.25. The van der Waals surface area contributed by atoms with Crippen LogP contribution in [0.2, 0.25) is 0 Å². The SMILES string of the molecule is FC(F)(F)c1ccc(C2=CC=C=C[CH]2)cc1. The Morgan fingerprint density at radius 3 is 2.12 bits per heavy atom. The van der Waals surface area contributed by atoms with Crippen molar-refractivity contribution < 1.29 is 13.2 Å². The van der Waals surface area contributed by atoms with E-state index in [1.807, 2.05) is 12.5 Å². The molecule has 1 aliphatic carbocycles. The van der Waals surface area contributed by atoms with Gasteiger partial charge in [-0.2, -0.15) is 13.2 Å². The lowest BCUT2D eigenvalue weighted by Crippen LogP contribution is -2.04. The van der Waals surface area contributed by atoms with Crippen LogP contribution in [0.3, 0.4) is 0 Å². The van der Waals surface area contributed by atoms with Crippen LogP contribution in [0.15, 0.2) is 48.2 Å². The Kier molecular flexibility index (Phi) is 2.71. The Hall–Kier alpha value is -1.73. The van der Waals surface area contributed by atoms with Gasteiger partial charge in [-0.05, 0) is 35.4 Å². The van der Waals surface area contributed by atoms with Crippen molar-refractivity contribution >= 4 is 5.57 Å². The Morgan fingerprint density at radius 1 is 0.938 bits per heavy atom. The topological polar surface area (TPSA) is 0 Å². The van der Waals surface area contributed by atoms with Crippen LogP contribution in [0.4, 0.5) is 13.2 Å². The standard InChI is InChI=1S/C13H8F3/c14-13(15,16)12-8-6-11(7-9-12)10-4-2-1-3-5-10/h2-9H. The first-order valence-electron chi connectivity index (χ1n) is 4.71. The first-order valence-corrected chi connectivity index (χ1v) is 4.71. The highest BCUT2D eigenvalue weighted by atomic mass is 19.4. The molecule has 0 fully saturated rings. The zero-order chi connectivity index (χ0) is 11.6. The summed E-state index contributed by atoms with van der Waals surface area (Å²) in [5.74, 6) is 0. The smallest absolute Gasteiger partial charge is 0.166 e. The van der Waals surface area contributed by atoms with Crippen LogP contribution < -0.4 is 0 Å². The molecule has 0 saturated heterocycles. The molecular weight excluding hydrogens is 213 g/mol. The van der Waals surface area contributed by atoms with E-state index in [1.54, 1.807) is 12.2 Å². The molecule has 1 aromatic carbocycles. The summed E-state index contributed by atoms with van der Waals surface area (Å²) in [5, 5.41) is 0. The van der Waals surface area contributed by atoms with Crippen molar-refractivity contribution in [2.45, 2.75) is 6.18 Å². The van der Waals surface area contributed by atoms with E-state index in [4.69, 9.17) is 0 Å². The third kappa shape index (κ3) is 2.26. The van der Waals surface area contributed by atoms with Crippen molar-refractivity contribution in [2.75, 3.05) is 0 Å². The maximum atomic E-state index is 12.3. The quantitative estimate of drug-likeness (QED) is 0.628. The van der Waals surface area contributed by atoms with Gasteiger partial charge in [0.2, 0.25) is 0 Å². The molecule has 0 amide bonds. The molecule has 1 radical (unpaired) electrons. The highest BCUT2D eigenvalue weighted by Crippen LogP contribution is 2.30. The van der Waals surface area contributed by atoms with Gasteiger partial charge in [0, 0.05) is 6.42 Å². The average molecular weight is 221 g/mol. The molecule has 0 atom stereocenters. The summed E-state index contributed by atoms with van der Waals surface area (Å²) in [6.45, 7) is 0. The van der Waals surface area contributed by atoms with Gasteiger partial charge in [-0.3, -0.25) is 0 Å². The van der Waals surface area contributed by atoms with E-state index in [-0.39, 0.29) is 0 Å². The number of halogens is 3. The van der Waals surface area contributed by atoms with Gasteiger partial charge in [0.1, 0.15) is 0 Å². The van der Waals surface area contributed by atoms with Crippen molar-refractivity contribution in [3.8, 4) is 0 Å². The van der Waals surface area contributed by atoms with Crippen LogP contribution in [-0.2, 0) is 6.18 Å². The fourth-order valence-corrected chi connectivity index (χ4v) is 1.43. The molecule has 0 heterocycles. The highest BCUT2D eigenvalue weighted by molar-refractivity contribution is 5.76. The van der Waals surface area contributed by atoms with E-state index in [0.717, 1.165) is 23.3 Å².